The maximum atomic E-state index is 4.54. The highest BCUT2D eigenvalue weighted by Crippen LogP contribution is 2.34. The second-order valence-electron chi connectivity index (χ2n) is 4.25. The van der Waals surface area contributed by atoms with Crippen LogP contribution in [0.5, 0.6) is 0 Å². The molecule has 1 aliphatic rings. The molecule has 0 unspecified atom stereocenters. The Morgan fingerprint density at radius 3 is 2.21 bits per heavy atom. The third-order valence-electron chi connectivity index (χ3n) is 3.23. The Balaban J connectivity index is 2.16. The smallest absolute Gasteiger partial charge is 0.00748 e. The van der Waals surface area contributed by atoms with E-state index in [-0.39, 0.29) is 0 Å². The monoisotopic (exact) mass is 206 g/mol. The van der Waals surface area contributed by atoms with E-state index in [0.717, 1.165) is 5.92 Å². The van der Waals surface area contributed by atoms with Gasteiger partial charge in [0.25, 0.3) is 0 Å². The highest BCUT2D eigenvalue weighted by Gasteiger charge is 2.15. The van der Waals surface area contributed by atoms with Gasteiger partial charge in [0.15, 0.2) is 0 Å². The standard InChI is InChI=1S/C13H18S/c14-13-10-6-5-9-12(13)11-7-3-1-2-4-8-11/h5-6,9-11,14H,1-4,7-8H2. The van der Waals surface area contributed by atoms with Gasteiger partial charge in [-0.2, -0.15) is 0 Å². The average Bonchev–Trinajstić information content (AvgIpc) is 2.47. The summed E-state index contributed by atoms with van der Waals surface area (Å²) in [5.74, 6) is 0.770. The zero-order chi connectivity index (χ0) is 9.80. The lowest BCUT2D eigenvalue weighted by Crippen LogP contribution is -1.98. The second-order valence-corrected chi connectivity index (χ2v) is 4.73. The van der Waals surface area contributed by atoms with Crippen molar-refractivity contribution in [3.8, 4) is 0 Å². The highest BCUT2D eigenvalue weighted by molar-refractivity contribution is 7.80. The van der Waals surface area contributed by atoms with Crippen LogP contribution in [0.25, 0.3) is 0 Å². The molecule has 1 fully saturated rings. The van der Waals surface area contributed by atoms with Crippen LogP contribution in [0, 0.1) is 0 Å². The lowest BCUT2D eigenvalue weighted by molar-refractivity contribution is 0.584. The van der Waals surface area contributed by atoms with E-state index in [2.05, 4.69) is 36.9 Å². The first-order valence-electron chi connectivity index (χ1n) is 5.66. The maximum Gasteiger partial charge on any atom is 0.00748 e. The van der Waals surface area contributed by atoms with Crippen LogP contribution in [-0.4, -0.2) is 0 Å². The minimum atomic E-state index is 0.770. The predicted molar refractivity (Wildman–Crippen MR) is 64.1 cm³/mol. The fourth-order valence-electron chi connectivity index (χ4n) is 2.42. The van der Waals surface area contributed by atoms with Gasteiger partial charge in [0.05, 0.1) is 0 Å². The molecule has 0 aliphatic heterocycles. The fraction of sp³-hybridized carbons (Fsp3) is 0.538. The molecule has 0 heterocycles. The third-order valence-corrected chi connectivity index (χ3v) is 3.64. The van der Waals surface area contributed by atoms with Gasteiger partial charge >= 0.3 is 0 Å². The molecular weight excluding hydrogens is 188 g/mol. The Morgan fingerprint density at radius 2 is 1.57 bits per heavy atom. The van der Waals surface area contributed by atoms with Crippen LogP contribution in [0.3, 0.4) is 0 Å². The molecule has 0 bridgehead atoms. The summed E-state index contributed by atoms with van der Waals surface area (Å²) in [5.41, 5.74) is 1.47. The summed E-state index contributed by atoms with van der Waals surface area (Å²) in [7, 11) is 0. The summed E-state index contributed by atoms with van der Waals surface area (Å²) in [4.78, 5) is 1.18. The van der Waals surface area contributed by atoms with E-state index in [1.807, 2.05) is 0 Å². The van der Waals surface area contributed by atoms with Gasteiger partial charge in [-0.3, -0.25) is 0 Å². The molecule has 0 atom stereocenters. The van der Waals surface area contributed by atoms with Crippen molar-refractivity contribution in [2.45, 2.75) is 49.3 Å². The molecule has 0 saturated heterocycles. The van der Waals surface area contributed by atoms with Crippen molar-refractivity contribution in [1.82, 2.24) is 0 Å². The summed E-state index contributed by atoms with van der Waals surface area (Å²) < 4.78 is 0. The quantitative estimate of drug-likeness (QED) is 0.510. The van der Waals surface area contributed by atoms with Crippen LogP contribution in [0.4, 0.5) is 0 Å². The molecule has 0 aromatic heterocycles. The van der Waals surface area contributed by atoms with Crippen molar-refractivity contribution in [2.24, 2.45) is 0 Å². The van der Waals surface area contributed by atoms with Gasteiger partial charge in [-0.15, -0.1) is 12.6 Å². The number of benzene rings is 1. The Morgan fingerprint density at radius 1 is 0.929 bits per heavy atom. The molecule has 0 N–H and O–H groups in total. The maximum absolute atomic E-state index is 4.54. The van der Waals surface area contributed by atoms with Crippen LogP contribution in [0.1, 0.15) is 50.0 Å². The fourth-order valence-corrected chi connectivity index (χ4v) is 2.77. The van der Waals surface area contributed by atoms with E-state index in [1.165, 1.54) is 49.0 Å². The van der Waals surface area contributed by atoms with E-state index in [0.29, 0.717) is 0 Å². The molecular formula is C13H18S. The van der Waals surface area contributed by atoms with Gasteiger partial charge in [-0.25, -0.2) is 0 Å². The Bertz CT molecular complexity index is 285. The topological polar surface area (TPSA) is 0 Å². The lowest BCUT2D eigenvalue weighted by atomic mass is 9.92. The Hall–Kier alpha value is -0.430. The predicted octanol–water partition coefficient (Wildman–Crippen LogP) is 4.41. The van der Waals surface area contributed by atoms with E-state index >= 15 is 0 Å². The van der Waals surface area contributed by atoms with Crippen molar-refractivity contribution < 1.29 is 0 Å². The number of hydrogen-bond donors (Lipinski definition) is 1. The Kier molecular flexibility index (Phi) is 3.52. The van der Waals surface area contributed by atoms with E-state index < -0.39 is 0 Å². The number of thiol groups is 1. The first-order valence-corrected chi connectivity index (χ1v) is 6.10. The van der Waals surface area contributed by atoms with Gasteiger partial charge in [-0.1, -0.05) is 43.9 Å². The van der Waals surface area contributed by atoms with Crippen molar-refractivity contribution in [3.63, 3.8) is 0 Å². The molecule has 0 amide bonds. The van der Waals surface area contributed by atoms with E-state index in [4.69, 9.17) is 0 Å². The van der Waals surface area contributed by atoms with Crippen LogP contribution < -0.4 is 0 Å². The first kappa shape index (κ1) is 10.1. The summed E-state index contributed by atoms with van der Waals surface area (Å²) in [6.45, 7) is 0. The van der Waals surface area contributed by atoms with Crippen LogP contribution in [0.2, 0.25) is 0 Å². The van der Waals surface area contributed by atoms with Crippen LogP contribution in [-0.2, 0) is 0 Å². The van der Waals surface area contributed by atoms with Gasteiger partial charge in [0.2, 0.25) is 0 Å². The van der Waals surface area contributed by atoms with Gasteiger partial charge in [-0.05, 0) is 30.4 Å². The molecule has 14 heavy (non-hydrogen) atoms. The molecule has 0 spiro atoms. The molecule has 1 aliphatic carbocycles. The van der Waals surface area contributed by atoms with Gasteiger partial charge in [0, 0.05) is 4.90 Å². The van der Waals surface area contributed by atoms with Gasteiger partial charge < -0.3 is 0 Å². The zero-order valence-corrected chi connectivity index (χ0v) is 9.47. The third kappa shape index (κ3) is 2.33. The van der Waals surface area contributed by atoms with Crippen molar-refractivity contribution in [2.75, 3.05) is 0 Å². The van der Waals surface area contributed by atoms with Crippen LogP contribution >= 0.6 is 12.6 Å². The molecule has 1 saturated carbocycles. The molecule has 2 rings (SSSR count). The van der Waals surface area contributed by atoms with E-state index in [1.54, 1.807) is 0 Å². The average molecular weight is 206 g/mol. The summed E-state index contributed by atoms with van der Waals surface area (Å²) >= 11 is 4.54. The van der Waals surface area contributed by atoms with Gasteiger partial charge in [0.1, 0.15) is 0 Å². The Labute approximate surface area is 92.1 Å². The van der Waals surface area contributed by atoms with Crippen molar-refractivity contribution >= 4 is 12.6 Å². The molecule has 0 radical (unpaired) electrons. The highest BCUT2D eigenvalue weighted by atomic mass is 32.1. The molecule has 1 aromatic rings. The normalized spacial score (nSPS) is 19.2. The molecule has 76 valence electrons. The van der Waals surface area contributed by atoms with Crippen molar-refractivity contribution in [3.05, 3.63) is 29.8 Å². The molecule has 0 nitrogen and oxygen atoms in total. The zero-order valence-electron chi connectivity index (χ0n) is 8.58. The minimum absolute atomic E-state index is 0.770. The number of rotatable bonds is 1. The minimum Gasteiger partial charge on any atom is -0.143 e. The largest absolute Gasteiger partial charge is 0.143 e. The SMILES string of the molecule is Sc1ccccc1C1CCCCCC1. The summed E-state index contributed by atoms with van der Waals surface area (Å²) in [5, 5.41) is 0. The summed E-state index contributed by atoms with van der Waals surface area (Å²) in [6.07, 6.45) is 8.35. The van der Waals surface area contributed by atoms with E-state index in [9.17, 15) is 0 Å². The second kappa shape index (κ2) is 4.88. The van der Waals surface area contributed by atoms with Crippen LogP contribution in [0.15, 0.2) is 29.2 Å². The van der Waals surface area contributed by atoms with Crippen molar-refractivity contribution in [1.29, 1.82) is 0 Å². The summed E-state index contributed by atoms with van der Waals surface area (Å²) in [6, 6.07) is 8.57. The number of hydrogen-bond acceptors (Lipinski definition) is 1. The lowest BCUT2D eigenvalue weighted by Gasteiger charge is -2.16. The molecule has 1 aromatic carbocycles. The first-order chi connectivity index (χ1) is 6.88. The molecule has 1 heteroatoms.